The molecule has 2 aromatic carbocycles. The van der Waals surface area contributed by atoms with Crippen LogP contribution in [-0.4, -0.2) is 100 Å². The van der Waals surface area contributed by atoms with Crippen molar-refractivity contribution in [3.05, 3.63) is 77.5 Å². The zero-order chi connectivity index (χ0) is 36.9. The second-order valence-electron chi connectivity index (χ2n) is 12.6. The minimum atomic E-state index is -1.46. The number of amides is 3. The molecule has 0 spiro atoms. The van der Waals surface area contributed by atoms with Crippen LogP contribution in [0.25, 0.3) is 11.3 Å². The maximum absolute atomic E-state index is 13.5. The van der Waals surface area contributed by atoms with E-state index in [1.807, 2.05) is 61.6 Å². The normalized spacial score (nSPS) is 11.8. The molecule has 3 amide bonds. The summed E-state index contributed by atoms with van der Waals surface area (Å²) in [6, 6.07) is 16.3. The number of aromatic nitrogens is 1. The molecule has 3 rings (SSSR count). The van der Waals surface area contributed by atoms with Crippen LogP contribution in [-0.2, 0) is 15.3 Å². The Balaban J connectivity index is 1.63. The molecule has 0 saturated heterocycles. The molecule has 0 radical (unpaired) electrons. The van der Waals surface area contributed by atoms with Crippen LogP contribution in [0.5, 0.6) is 0 Å². The molecule has 0 aliphatic carbocycles. The third-order valence-corrected chi connectivity index (χ3v) is 9.25. The van der Waals surface area contributed by atoms with Crippen molar-refractivity contribution in [3.63, 3.8) is 0 Å². The van der Waals surface area contributed by atoms with Gasteiger partial charge >= 0.3 is 0 Å². The van der Waals surface area contributed by atoms with Crippen LogP contribution in [0.15, 0.2) is 60.8 Å². The van der Waals surface area contributed by atoms with Crippen LogP contribution in [0.2, 0.25) is 0 Å². The zero-order valence-electron chi connectivity index (χ0n) is 29.4. The lowest BCUT2D eigenvalue weighted by atomic mass is 10.00. The van der Waals surface area contributed by atoms with E-state index >= 15 is 0 Å². The number of aliphatic hydroxyl groups excluding tert-OH is 3. The summed E-state index contributed by atoms with van der Waals surface area (Å²) >= 11 is 1.51. The molecule has 0 aliphatic rings. The van der Waals surface area contributed by atoms with Crippen molar-refractivity contribution >= 4 is 41.0 Å². The molecule has 50 heavy (non-hydrogen) atoms. The van der Waals surface area contributed by atoms with Crippen molar-refractivity contribution < 1.29 is 34.4 Å². The van der Waals surface area contributed by atoms with Crippen LogP contribution < -0.4 is 21.3 Å². The lowest BCUT2D eigenvalue weighted by Gasteiger charge is -2.30. The topological polar surface area (TPSA) is 191 Å². The van der Waals surface area contributed by atoms with E-state index in [1.165, 1.54) is 18.1 Å². The molecular weight excluding hydrogens is 660 g/mol. The van der Waals surface area contributed by atoms with Crippen LogP contribution in [0.4, 0.5) is 11.4 Å². The molecular formula is C36H50N6O7S. The highest BCUT2D eigenvalue weighted by Gasteiger charge is 2.31. The Morgan fingerprint density at radius 2 is 1.66 bits per heavy atom. The first-order valence-corrected chi connectivity index (χ1v) is 17.4. The number of hydrogen-bond acceptors (Lipinski definition) is 11. The summed E-state index contributed by atoms with van der Waals surface area (Å²) in [6.45, 7) is 7.97. The molecule has 272 valence electrons. The van der Waals surface area contributed by atoms with E-state index in [1.54, 1.807) is 18.2 Å². The predicted octanol–water partition coefficient (Wildman–Crippen LogP) is 3.39. The molecule has 13 nitrogen and oxygen atoms in total. The Kier molecular flexibility index (Phi) is 15.2. The van der Waals surface area contributed by atoms with E-state index in [9.17, 15) is 29.7 Å². The Bertz CT molecular complexity index is 1590. The van der Waals surface area contributed by atoms with E-state index in [-0.39, 0.29) is 19.1 Å². The van der Waals surface area contributed by atoms with Crippen LogP contribution in [0.1, 0.15) is 66.8 Å². The van der Waals surface area contributed by atoms with Gasteiger partial charge in [-0.25, -0.2) is 4.31 Å². The average molecular weight is 711 g/mol. The number of carbonyl (C=O) groups excluding carboxylic acids is 3. The van der Waals surface area contributed by atoms with E-state index in [4.69, 9.17) is 10.5 Å². The van der Waals surface area contributed by atoms with Crippen molar-refractivity contribution in [2.75, 3.05) is 56.9 Å². The van der Waals surface area contributed by atoms with Gasteiger partial charge in [-0.2, -0.15) is 0 Å². The molecule has 7 N–H and O–H groups in total. The minimum Gasteiger partial charge on any atom is -0.394 e. The molecule has 1 aromatic heterocycles. The number of hydrogen-bond donors (Lipinski definition) is 6. The number of carbonyl (C=O) groups is 3. The lowest BCUT2D eigenvalue weighted by Crippen LogP contribution is -2.57. The van der Waals surface area contributed by atoms with E-state index < -0.39 is 42.8 Å². The standard InChI is InChI=1S/C36H50N6O7S/c1-6-42(7-2)28-11-12-30(29(19-28)31-18-26(33(37)47)14-16-38-31)39-34(48)27-10-8-9-25(17-27)20-50-41(5)24-49-35(3,4)15-13-32(46)40-36(21-43,22-44)23-45/h8-12,14,16-19,43-45H,6-7,13,15,20-24H2,1-5H3,(H2,37,47)(H,39,48)(H,40,46). The number of aliphatic hydroxyl groups is 3. The van der Waals surface area contributed by atoms with Gasteiger partial charge in [-0.05, 0) is 89.2 Å². The molecule has 0 bridgehead atoms. The number of rotatable bonds is 20. The highest BCUT2D eigenvalue weighted by Crippen LogP contribution is 2.32. The van der Waals surface area contributed by atoms with E-state index in [2.05, 4.69) is 34.4 Å². The highest BCUT2D eigenvalue weighted by atomic mass is 32.2. The summed E-state index contributed by atoms with van der Waals surface area (Å²) < 4.78 is 7.97. The van der Waals surface area contributed by atoms with Gasteiger partial charge in [-0.1, -0.05) is 24.1 Å². The van der Waals surface area contributed by atoms with Crippen LogP contribution >= 0.6 is 11.9 Å². The molecule has 1 heterocycles. The number of anilines is 2. The van der Waals surface area contributed by atoms with Gasteiger partial charge in [-0.3, -0.25) is 19.4 Å². The molecule has 0 atom stereocenters. The Hall–Kier alpha value is -4.05. The SMILES string of the molecule is CCN(CC)c1ccc(NC(=O)c2cccc(CSN(C)COC(C)(C)CCC(=O)NC(CO)(CO)CO)c2)c(-c2cc(C(N)=O)ccn2)c1. The van der Waals surface area contributed by atoms with Gasteiger partial charge in [0.15, 0.2) is 0 Å². The average Bonchev–Trinajstić information content (AvgIpc) is 3.12. The fourth-order valence-electron chi connectivity index (χ4n) is 4.97. The summed E-state index contributed by atoms with van der Waals surface area (Å²) in [7, 11) is 1.88. The maximum Gasteiger partial charge on any atom is 0.255 e. The highest BCUT2D eigenvalue weighted by molar-refractivity contribution is 7.96. The summed E-state index contributed by atoms with van der Waals surface area (Å²) in [5, 5.41) is 33.9. The quantitative estimate of drug-likeness (QED) is 0.0745. The monoisotopic (exact) mass is 710 g/mol. The summed E-state index contributed by atoms with van der Waals surface area (Å²) in [5.41, 5.74) is 7.83. The minimum absolute atomic E-state index is 0.0816. The number of nitrogens with zero attached hydrogens (tertiary/aromatic N) is 3. The first-order chi connectivity index (χ1) is 23.8. The van der Waals surface area contributed by atoms with Gasteiger partial charge in [0.1, 0.15) is 12.3 Å². The predicted molar refractivity (Wildman–Crippen MR) is 197 cm³/mol. The summed E-state index contributed by atoms with van der Waals surface area (Å²) in [6.07, 6.45) is 1.98. The van der Waals surface area contributed by atoms with E-state index in [0.717, 1.165) is 24.3 Å². The van der Waals surface area contributed by atoms with E-state index in [0.29, 0.717) is 40.2 Å². The molecule has 0 saturated carbocycles. The zero-order valence-corrected chi connectivity index (χ0v) is 30.3. The number of benzene rings is 2. The Morgan fingerprint density at radius 3 is 2.30 bits per heavy atom. The number of pyridine rings is 1. The first-order valence-electron chi connectivity index (χ1n) is 16.5. The van der Waals surface area contributed by atoms with Gasteiger partial charge < -0.3 is 41.3 Å². The van der Waals surface area contributed by atoms with Crippen molar-refractivity contribution in [2.24, 2.45) is 5.73 Å². The second-order valence-corrected chi connectivity index (χ2v) is 13.8. The molecule has 0 unspecified atom stereocenters. The van der Waals surface area contributed by atoms with Crippen molar-refractivity contribution in [2.45, 2.75) is 57.4 Å². The Morgan fingerprint density at radius 1 is 0.960 bits per heavy atom. The van der Waals surface area contributed by atoms with Crippen molar-refractivity contribution in [3.8, 4) is 11.3 Å². The van der Waals surface area contributed by atoms with Gasteiger partial charge in [0.25, 0.3) is 5.91 Å². The summed E-state index contributed by atoms with van der Waals surface area (Å²) in [5.74, 6) is -0.698. The van der Waals surface area contributed by atoms with Crippen LogP contribution in [0.3, 0.4) is 0 Å². The fraction of sp³-hybridized carbons (Fsp3) is 0.444. The fourth-order valence-corrected chi connectivity index (χ4v) is 5.64. The van der Waals surface area contributed by atoms with Gasteiger partial charge in [0.05, 0.1) is 36.8 Å². The lowest BCUT2D eigenvalue weighted by molar-refractivity contribution is -0.127. The third kappa shape index (κ3) is 11.5. The molecule has 0 aliphatic heterocycles. The largest absolute Gasteiger partial charge is 0.394 e. The van der Waals surface area contributed by atoms with Gasteiger partial charge in [0, 0.05) is 53.8 Å². The van der Waals surface area contributed by atoms with Crippen molar-refractivity contribution in [1.82, 2.24) is 14.6 Å². The number of primary amides is 1. The number of nitrogens with one attached hydrogen (secondary N) is 2. The summed E-state index contributed by atoms with van der Waals surface area (Å²) in [4.78, 5) is 44.4. The second kappa shape index (κ2) is 18.8. The smallest absolute Gasteiger partial charge is 0.255 e. The number of nitrogens with two attached hydrogens (primary N) is 1. The van der Waals surface area contributed by atoms with Gasteiger partial charge in [-0.15, -0.1) is 0 Å². The van der Waals surface area contributed by atoms with Gasteiger partial charge in [0.2, 0.25) is 11.8 Å². The first kappa shape index (κ1) is 40.4. The molecule has 0 fully saturated rings. The number of ether oxygens (including phenoxy) is 1. The Labute approximate surface area is 298 Å². The maximum atomic E-state index is 13.5. The third-order valence-electron chi connectivity index (χ3n) is 8.24. The molecule has 14 heteroatoms. The molecule has 3 aromatic rings. The van der Waals surface area contributed by atoms with Crippen molar-refractivity contribution in [1.29, 1.82) is 0 Å². The van der Waals surface area contributed by atoms with Crippen LogP contribution in [0, 0.1) is 0 Å².